The van der Waals surface area contributed by atoms with Crippen LogP contribution in [0.5, 0.6) is 0 Å². The molecule has 5 nitrogen and oxygen atoms in total. The summed E-state index contributed by atoms with van der Waals surface area (Å²) in [6.07, 6.45) is 1.81. The molecule has 0 aromatic heterocycles. The van der Waals surface area contributed by atoms with Crippen LogP contribution in [0.1, 0.15) is 26.2 Å². The number of amides is 1. The molecule has 0 heterocycles. The highest BCUT2D eigenvalue weighted by molar-refractivity contribution is 5.75. The van der Waals surface area contributed by atoms with E-state index in [-0.39, 0.29) is 19.1 Å². The van der Waals surface area contributed by atoms with E-state index in [0.29, 0.717) is 25.8 Å². The molecule has 0 saturated carbocycles. The van der Waals surface area contributed by atoms with Crippen molar-refractivity contribution >= 4 is 5.91 Å². The highest BCUT2D eigenvalue weighted by atomic mass is 16.3. The van der Waals surface area contributed by atoms with Crippen LogP contribution < -0.4 is 10.6 Å². The highest BCUT2D eigenvalue weighted by Gasteiger charge is 2.25. The molecule has 90 valence electrons. The van der Waals surface area contributed by atoms with Gasteiger partial charge in [0, 0.05) is 13.5 Å². The maximum atomic E-state index is 10.9. The van der Waals surface area contributed by atoms with Gasteiger partial charge in [0.25, 0.3) is 0 Å². The Morgan fingerprint density at radius 2 is 1.93 bits per heavy atom. The molecule has 15 heavy (non-hydrogen) atoms. The molecular formula is C10H22N2O3. The van der Waals surface area contributed by atoms with Gasteiger partial charge in [-0.2, -0.15) is 0 Å². The predicted molar refractivity (Wildman–Crippen MR) is 58.5 cm³/mol. The fourth-order valence-electron chi connectivity index (χ4n) is 1.24. The molecule has 0 saturated heterocycles. The molecular weight excluding hydrogens is 196 g/mol. The van der Waals surface area contributed by atoms with Crippen LogP contribution >= 0.6 is 0 Å². The fraction of sp³-hybridized carbons (Fsp3) is 0.900. The average Bonchev–Trinajstić information content (AvgIpc) is 2.30. The first-order valence-electron chi connectivity index (χ1n) is 5.31. The van der Waals surface area contributed by atoms with Crippen molar-refractivity contribution in [1.29, 1.82) is 0 Å². The number of rotatable bonds is 8. The van der Waals surface area contributed by atoms with E-state index in [1.165, 1.54) is 0 Å². The minimum absolute atomic E-state index is 0.00638. The molecule has 1 amide bonds. The van der Waals surface area contributed by atoms with Gasteiger partial charge in [0.15, 0.2) is 0 Å². The Balaban J connectivity index is 3.76. The Morgan fingerprint density at radius 1 is 1.33 bits per heavy atom. The van der Waals surface area contributed by atoms with E-state index in [1.54, 1.807) is 7.05 Å². The topological polar surface area (TPSA) is 81.6 Å². The van der Waals surface area contributed by atoms with Gasteiger partial charge in [-0.1, -0.05) is 6.92 Å². The standard InChI is InChI=1S/C10H22N2O3/c1-3-10(7-13,8-14)12-6-4-5-9(15)11-2/h12-14H,3-8H2,1-2H3,(H,11,15). The summed E-state index contributed by atoms with van der Waals surface area (Å²) in [5, 5.41) is 23.9. The summed E-state index contributed by atoms with van der Waals surface area (Å²) >= 11 is 0. The minimum Gasteiger partial charge on any atom is -0.394 e. The number of hydrogen-bond acceptors (Lipinski definition) is 4. The van der Waals surface area contributed by atoms with Gasteiger partial charge in [-0.25, -0.2) is 0 Å². The molecule has 0 aliphatic heterocycles. The van der Waals surface area contributed by atoms with E-state index in [2.05, 4.69) is 10.6 Å². The monoisotopic (exact) mass is 218 g/mol. The zero-order chi connectivity index (χ0) is 11.7. The molecule has 0 spiro atoms. The van der Waals surface area contributed by atoms with Crippen LogP contribution in [0.3, 0.4) is 0 Å². The third kappa shape index (κ3) is 5.11. The second-order valence-corrected chi connectivity index (χ2v) is 3.65. The maximum Gasteiger partial charge on any atom is 0.219 e. The van der Waals surface area contributed by atoms with Crippen LogP contribution in [0.2, 0.25) is 0 Å². The molecule has 0 atom stereocenters. The Labute approximate surface area is 90.9 Å². The first kappa shape index (κ1) is 14.3. The predicted octanol–water partition coefficient (Wildman–Crippen LogP) is -0.764. The van der Waals surface area contributed by atoms with Crippen molar-refractivity contribution in [2.45, 2.75) is 31.7 Å². The van der Waals surface area contributed by atoms with E-state index < -0.39 is 5.54 Å². The SMILES string of the molecule is CCC(CO)(CO)NCCCC(=O)NC. The largest absolute Gasteiger partial charge is 0.394 e. The van der Waals surface area contributed by atoms with Gasteiger partial charge in [-0.15, -0.1) is 0 Å². The van der Waals surface area contributed by atoms with E-state index in [9.17, 15) is 4.79 Å². The molecule has 0 rings (SSSR count). The van der Waals surface area contributed by atoms with Gasteiger partial charge in [-0.3, -0.25) is 4.79 Å². The summed E-state index contributed by atoms with van der Waals surface area (Å²) in [5.41, 5.74) is -0.608. The fourth-order valence-corrected chi connectivity index (χ4v) is 1.24. The molecule has 0 radical (unpaired) electrons. The van der Waals surface area contributed by atoms with Crippen LogP contribution in [0.15, 0.2) is 0 Å². The Morgan fingerprint density at radius 3 is 2.33 bits per heavy atom. The summed E-state index contributed by atoms with van der Waals surface area (Å²) in [6.45, 7) is 2.32. The number of aliphatic hydroxyl groups is 2. The lowest BCUT2D eigenvalue weighted by Gasteiger charge is -2.29. The van der Waals surface area contributed by atoms with Gasteiger partial charge in [-0.05, 0) is 19.4 Å². The zero-order valence-corrected chi connectivity index (χ0v) is 9.55. The number of aliphatic hydroxyl groups excluding tert-OH is 2. The quantitative estimate of drug-likeness (QED) is 0.403. The van der Waals surface area contributed by atoms with E-state index >= 15 is 0 Å². The van der Waals surface area contributed by atoms with E-state index in [0.717, 1.165) is 0 Å². The van der Waals surface area contributed by atoms with Crippen molar-refractivity contribution in [3.8, 4) is 0 Å². The normalized spacial score (nSPS) is 11.5. The van der Waals surface area contributed by atoms with E-state index in [4.69, 9.17) is 10.2 Å². The van der Waals surface area contributed by atoms with Crippen molar-refractivity contribution in [2.24, 2.45) is 0 Å². The van der Waals surface area contributed by atoms with Gasteiger partial charge in [0.05, 0.1) is 18.8 Å². The minimum atomic E-state index is -0.608. The molecule has 0 bridgehead atoms. The first-order valence-corrected chi connectivity index (χ1v) is 5.31. The Bertz CT molecular complexity index is 173. The van der Waals surface area contributed by atoms with Crippen LogP contribution in [0.4, 0.5) is 0 Å². The summed E-state index contributed by atoms with van der Waals surface area (Å²) in [4.78, 5) is 10.9. The molecule has 0 fully saturated rings. The molecule has 0 aromatic carbocycles. The lowest BCUT2D eigenvalue weighted by Crippen LogP contribution is -2.51. The van der Waals surface area contributed by atoms with Crippen LogP contribution in [-0.4, -0.2) is 48.5 Å². The summed E-state index contributed by atoms with van der Waals surface area (Å²) < 4.78 is 0. The van der Waals surface area contributed by atoms with E-state index in [1.807, 2.05) is 6.92 Å². The lowest BCUT2D eigenvalue weighted by atomic mass is 9.98. The van der Waals surface area contributed by atoms with Crippen molar-refractivity contribution in [3.05, 3.63) is 0 Å². The third-order valence-electron chi connectivity index (χ3n) is 2.64. The Kier molecular flexibility index (Phi) is 7.29. The lowest BCUT2D eigenvalue weighted by molar-refractivity contribution is -0.120. The van der Waals surface area contributed by atoms with Crippen LogP contribution in [-0.2, 0) is 4.79 Å². The summed E-state index contributed by atoms with van der Waals surface area (Å²) in [6, 6.07) is 0. The molecule has 0 aliphatic rings. The van der Waals surface area contributed by atoms with Crippen molar-refractivity contribution in [3.63, 3.8) is 0 Å². The number of carbonyl (C=O) groups excluding carboxylic acids is 1. The highest BCUT2D eigenvalue weighted by Crippen LogP contribution is 2.08. The number of carbonyl (C=O) groups is 1. The molecule has 5 heteroatoms. The second kappa shape index (κ2) is 7.62. The maximum absolute atomic E-state index is 10.9. The second-order valence-electron chi connectivity index (χ2n) is 3.65. The van der Waals surface area contributed by atoms with Crippen LogP contribution in [0.25, 0.3) is 0 Å². The molecule has 4 N–H and O–H groups in total. The van der Waals surface area contributed by atoms with Crippen molar-refractivity contribution < 1.29 is 15.0 Å². The summed E-state index contributed by atoms with van der Waals surface area (Å²) in [5.74, 6) is 0.00638. The summed E-state index contributed by atoms with van der Waals surface area (Å²) in [7, 11) is 1.60. The Hall–Kier alpha value is -0.650. The first-order chi connectivity index (χ1) is 7.14. The van der Waals surface area contributed by atoms with Gasteiger partial charge in [0.1, 0.15) is 0 Å². The average molecular weight is 218 g/mol. The van der Waals surface area contributed by atoms with Crippen molar-refractivity contribution in [2.75, 3.05) is 26.8 Å². The van der Waals surface area contributed by atoms with Gasteiger partial charge in [0.2, 0.25) is 5.91 Å². The number of hydrogen-bond donors (Lipinski definition) is 4. The number of nitrogens with one attached hydrogen (secondary N) is 2. The van der Waals surface area contributed by atoms with Crippen LogP contribution in [0, 0.1) is 0 Å². The van der Waals surface area contributed by atoms with Gasteiger partial charge < -0.3 is 20.8 Å². The molecule has 0 aliphatic carbocycles. The third-order valence-corrected chi connectivity index (χ3v) is 2.64. The van der Waals surface area contributed by atoms with Gasteiger partial charge >= 0.3 is 0 Å². The molecule has 0 aromatic rings. The smallest absolute Gasteiger partial charge is 0.219 e. The zero-order valence-electron chi connectivity index (χ0n) is 9.55. The molecule has 0 unspecified atom stereocenters. The van der Waals surface area contributed by atoms with Crippen molar-refractivity contribution in [1.82, 2.24) is 10.6 Å².